The second-order valence-electron chi connectivity index (χ2n) is 10.6. The Morgan fingerprint density at radius 3 is 2.63 bits per heavy atom. The Kier molecular flexibility index (Phi) is 8.29. The van der Waals surface area contributed by atoms with E-state index in [-0.39, 0.29) is 12.3 Å². The molecule has 0 aliphatic carbocycles. The normalized spacial score (nSPS) is 13.7. The molecular formula is C32H29Cl2N7O2. The van der Waals surface area contributed by atoms with Crippen LogP contribution in [0.3, 0.4) is 0 Å². The Balaban J connectivity index is 1.35. The molecule has 218 valence electrons. The van der Waals surface area contributed by atoms with Gasteiger partial charge in [0, 0.05) is 43.5 Å². The highest BCUT2D eigenvalue weighted by atomic mass is 35.5. The average Bonchev–Trinajstić information content (AvgIpc) is 3.70. The number of fused-ring (bicyclic) bond motifs is 2. The lowest BCUT2D eigenvalue weighted by molar-refractivity contribution is 0.0793. The minimum absolute atomic E-state index is 0.0986. The molecule has 2 aromatic heterocycles. The molecule has 0 radical (unpaired) electrons. The summed E-state index contributed by atoms with van der Waals surface area (Å²) < 4.78 is 0. The first-order chi connectivity index (χ1) is 20.9. The second-order valence-corrected chi connectivity index (χ2v) is 11.5. The summed E-state index contributed by atoms with van der Waals surface area (Å²) in [6.07, 6.45) is 3.67. The number of hydrogen-bond acceptors (Lipinski definition) is 7. The largest absolute Gasteiger partial charge is 0.365 e. The van der Waals surface area contributed by atoms with Gasteiger partial charge in [-0.2, -0.15) is 0 Å². The van der Waals surface area contributed by atoms with Crippen molar-refractivity contribution in [3.63, 3.8) is 0 Å². The van der Waals surface area contributed by atoms with Crippen LogP contribution in [0.15, 0.2) is 72.7 Å². The zero-order valence-electron chi connectivity index (χ0n) is 23.5. The third kappa shape index (κ3) is 6.20. The molecule has 2 N–H and O–H groups in total. The van der Waals surface area contributed by atoms with Crippen LogP contribution in [0.1, 0.15) is 47.1 Å². The number of imidazole rings is 1. The van der Waals surface area contributed by atoms with Gasteiger partial charge in [-0.25, -0.2) is 19.7 Å². The van der Waals surface area contributed by atoms with E-state index in [1.807, 2.05) is 53.2 Å². The molecular weight excluding hydrogens is 585 g/mol. The fourth-order valence-corrected chi connectivity index (χ4v) is 5.83. The number of anilines is 1. The molecule has 3 aromatic carbocycles. The van der Waals surface area contributed by atoms with Gasteiger partial charge in [0.25, 0.3) is 5.91 Å². The van der Waals surface area contributed by atoms with E-state index in [1.165, 1.54) is 6.33 Å². The maximum absolute atomic E-state index is 13.1. The molecule has 11 heteroatoms. The number of H-pyrrole nitrogens is 1. The first-order valence-corrected chi connectivity index (χ1v) is 14.8. The van der Waals surface area contributed by atoms with Crippen LogP contribution in [0.2, 0.25) is 10.0 Å². The van der Waals surface area contributed by atoms with Crippen LogP contribution in [0, 0.1) is 0 Å². The Morgan fingerprint density at radius 2 is 1.86 bits per heavy atom. The third-order valence-corrected chi connectivity index (χ3v) is 8.24. The minimum Gasteiger partial charge on any atom is -0.365 e. The molecule has 1 saturated heterocycles. The molecule has 5 aromatic rings. The van der Waals surface area contributed by atoms with Crippen LogP contribution in [0.4, 0.5) is 5.82 Å². The molecule has 1 aliphatic rings. The number of aromatic nitrogens is 4. The number of amides is 1. The monoisotopic (exact) mass is 613 g/mol. The Bertz CT molecular complexity index is 1850. The summed E-state index contributed by atoms with van der Waals surface area (Å²) in [5, 5.41) is 5.02. The van der Waals surface area contributed by atoms with Crippen molar-refractivity contribution in [1.29, 1.82) is 0 Å². The summed E-state index contributed by atoms with van der Waals surface area (Å²) in [7, 11) is 1.86. The van der Waals surface area contributed by atoms with Crippen molar-refractivity contribution in [2.24, 2.45) is 0 Å². The topological polar surface area (TPSA) is 107 Å². The highest BCUT2D eigenvalue weighted by Gasteiger charge is 2.25. The molecule has 0 bridgehead atoms. The van der Waals surface area contributed by atoms with E-state index in [2.05, 4.69) is 26.2 Å². The summed E-state index contributed by atoms with van der Waals surface area (Å²) in [5.74, 6) is 3.13. The molecule has 1 unspecified atom stereocenters. The highest BCUT2D eigenvalue weighted by molar-refractivity contribution is 6.35. The van der Waals surface area contributed by atoms with Crippen molar-refractivity contribution in [1.82, 2.24) is 29.7 Å². The first kappa shape index (κ1) is 28.7. The van der Waals surface area contributed by atoms with Gasteiger partial charge >= 0.3 is 0 Å². The molecule has 3 heterocycles. The summed E-state index contributed by atoms with van der Waals surface area (Å²) in [4.78, 5) is 46.2. The summed E-state index contributed by atoms with van der Waals surface area (Å²) >= 11 is 12.9. The number of hydrogen-bond donors (Lipinski definition) is 2. The lowest BCUT2D eigenvalue weighted by Gasteiger charge is -2.24. The number of carbonyl (C=O) groups excluding carboxylic acids is 2. The van der Waals surface area contributed by atoms with Gasteiger partial charge in [0.2, 0.25) is 0 Å². The fraction of sp³-hybridized carbons (Fsp3) is 0.250. The van der Waals surface area contributed by atoms with Crippen molar-refractivity contribution < 1.29 is 9.59 Å². The predicted molar refractivity (Wildman–Crippen MR) is 169 cm³/mol. The number of halogens is 2. The summed E-state index contributed by atoms with van der Waals surface area (Å²) in [6.45, 7) is 1.98. The van der Waals surface area contributed by atoms with Gasteiger partial charge in [0.1, 0.15) is 29.6 Å². The molecule has 0 saturated carbocycles. The van der Waals surface area contributed by atoms with Gasteiger partial charge in [-0.1, -0.05) is 53.5 Å². The van der Waals surface area contributed by atoms with Gasteiger partial charge in [0.15, 0.2) is 0 Å². The lowest BCUT2D eigenvalue weighted by atomic mass is 10.1. The van der Waals surface area contributed by atoms with Gasteiger partial charge in [-0.15, -0.1) is 0 Å². The van der Waals surface area contributed by atoms with Crippen LogP contribution in [0.25, 0.3) is 21.9 Å². The SMILES string of the molecule is CN(Cc1ccccc1)C(=C=O)CC(Nc1ncnc2cc(C(=O)N3CCCC3)c(Cl)cc12)c1nc2ccc(Cl)cc2[nH]1. The molecule has 1 atom stereocenters. The Hall–Kier alpha value is -4.43. The maximum Gasteiger partial charge on any atom is 0.255 e. The van der Waals surface area contributed by atoms with E-state index in [1.54, 1.807) is 24.3 Å². The van der Waals surface area contributed by atoms with Crippen molar-refractivity contribution in [2.45, 2.75) is 31.8 Å². The predicted octanol–water partition coefficient (Wildman–Crippen LogP) is 6.44. The van der Waals surface area contributed by atoms with Crippen LogP contribution < -0.4 is 5.32 Å². The van der Waals surface area contributed by atoms with E-state index in [0.29, 0.717) is 50.4 Å². The Labute approximate surface area is 258 Å². The number of likely N-dealkylation sites (tertiary alicyclic amines) is 1. The van der Waals surface area contributed by atoms with Gasteiger partial charge in [0.05, 0.1) is 33.2 Å². The van der Waals surface area contributed by atoms with Crippen LogP contribution in [-0.4, -0.2) is 61.7 Å². The number of benzene rings is 3. The van der Waals surface area contributed by atoms with Crippen molar-refractivity contribution in [3.05, 3.63) is 99.7 Å². The maximum atomic E-state index is 13.1. The fourth-order valence-electron chi connectivity index (χ4n) is 5.42. The number of nitrogens with zero attached hydrogens (tertiary/aromatic N) is 5. The smallest absolute Gasteiger partial charge is 0.255 e. The molecule has 1 amide bonds. The average molecular weight is 615 g/mol. The number of rotatable bonds is 9. The summed E-state index contributed by atoms with van der Waals surface area (Å²) in [5.41, 5.74) is 4.02. The summed E-state index contributed by atoms with van der Waals surface area (Å²) in [6, 6.07) is 18.3. The van der Waals surface area contributed by atoms with E-state index in [0.717, 1.165) is 42.5 Å². The molecule has 9 nitrogen and oxygen atoms in total. The van der Waals surface area contributed by atoms with Crippen LogP contribution in [0.5, 0.6) is 0 Å². The number of carbonyl (C=O) groups is 1. The Morgan fingerprint density at radius 1 is 1.07 bits per heavy atom. The number of nitrogens with one attached hydrogen (secondary N) is 2. The van der Waals surface area contributed by atoms with Gasteiger partial charge in [-0.05, 0) is 48.7 Å². The van der Waals surface area contributed by atoms with Crippen LogP contribution in [-0.2, 0) is 11.3 Å². The molecule has 0 spiro atoms. The van der Waals surface area contributed by atoms with Crippen molar-refractivity contribution in [3.8, 4) is 0 Å². The lowest BCUT2D eigenvalue weighted by Crippen LogP contribution is -2.27. The van der Waals surface area contributed by atoms with E-state index in [9.17, 15) is 9.59 Å². The molecule has 6 rings (SSSR count). The van der Waals surface area contributed by atoms with E-state index in [4.69, 9.17) is 28.2 Å². The zero-order valence-corrected chi connectivity index (χ0v) is 25.0. The standard InChI is InChI=1S/C32H29Cl2N7O2/c1-40(17-20-7-3-2-4-8-20)22(18-42)14-29(31-37-26-10-9-21(33)13-28(26)38-31)39-30-24-15-25(34)23(16-27(24)35-19-36-30)32(43)41-11-5-6-12-41/h2-4,7-10,13,15-16,19,29H,5-6,11-12,14,17H2,1H3,(H,37,38)(H,35,36,39). The highest BCUT2D eigenvalue weighted by Crippen LogP contribution is 2.32. The first-order valence-electron chi connectivity index (χ1n) is 14.0. The van der Waals surface area contributed by atoms with Crippen molar-refractivity contribution in [2.75, 3.05) is 25.5 Å². The zero-order chi connectivity index (χ0) is 29.9. The molecule has 43 heavy (non-hydrogen) atoms. The van der Waals surface area contributed by atoms with Gasteiger partial charge < -0.3 is 20.1 Å². The number of aromatic amines is 1. The molecule has 1 fully saturated rings. The van der Waals surface area contributed by atoms with E-state index >= 15 is 0 Å². The van der Waals surface area contributed by atoms with Gasteiger partial charge in [-0.3, -0.25) is 4.79 Å². The van der Waals surface area contributed by atoms with Crippen LogP contribution >= 0.6 is 23.2 Å². The second kappa shape index (κ2) is 12.4. The van der Waals surface area contributed by atoms with Crippen molar-refractivity contribution >= 4 is 62.8 Å². The molecule has 1 aliphatic heterocycles. The third-order valence-electron chi connectivity index (χ3n) is 7.69. The van der Waals surface area contributed by atoms with E-state index < -0.39 is 6.04 Å². The quantitative estimate of drug-likeness (QED) is 0.184. The minimum atomic E-state index is -0.511.